The van der Waals surface area contributed by atoms with Gasteiger partial charge in [-0.3, -0.25) is 9.78 Å². The average molecular weight is 358 g/mol. The molecular formula is C21H18N4O2. The first-order valence-corrected chi connectivity index (χ1v) is 8.31. The molecule has 134 valence electrons. The van der Waals surface area contributed by atoms with E-state index in [-0.39, 0.29) is 11.9 Å². The monoisotopic (exact) mass is 358 g/mol. The minimum Gasteiger partial charge on any atom is -0.323 e. The number of nitrogens with one attached hydrogen (secondary N) is 3. The van der Waals surface area contributed by atoms with Crippen LogP contribution in [0.1, 0.15) is 5.56 Å². The molecule has 1 aromatic heterocycles. The van der Waals surface area contributed by atoms with E-state index >= 15 is 0 Å². The number of nitrogens with zero attached hydrogens (tertiary/aromatic N) is 1. The number of hydrogen-bond donors (Lipinski definition) is 3. The molecule has 3 amide bonds. The highest BCUT2D eigenvalue weighted by molar-refractivity contribution is 6.02. The second-order valence-corrected chi connectivity index (χ2v) is 5.63. The predicted molar refractivity (Wildman–Crippen MR) is 107 cm³/mol. The van der Waals surface area contributed by atoms with Gasteiger partial charge in [0.25, 0.3) is 0 Å². The van der Waals surface area contributed by atoms with E-state index in [1.54, 1.807) is 60.9 Å². The Labute approximate surface area is 157 Å². The Kier molecular flexibility index (Phi) is 5.93. The third kappa shape index (κ3) is 5.82. The van der Waals surface area contributed by atoms with E-state index in [2.05, 4.69) is 20.9 Å². The third-order valence-corrected chi connectivity index (χ3v) is 3.55. The number of amides is 3. The Balaban J connectivity index is 1.51. The van der Waals surface area contributed by atoms with Crippen LogP contribution in [-0.4, -0.2) is 16.9 Å². The van der Waals surface area contributed by atoms with Gasteiger partial charge in [-0.25, -0.2) is 4.79 Å². The molecule has 3 aromatic rings. The fourth-order valence-electron chi connectivity index (χ4n) is 2.28. The van der Waals surface area contributed by atoms with Gasteiger partial charge in [-0.15, -0.1) is 0 Å². The topological polar surface area (TPSA) is 83.1 Å². The zero-order valence-corrected chi connectivity index (χ0v) is 14.4. The number of para-hydroxylation sites is 1. The van der Waals surface area contributed by atoms with E-state index in [9.17, 15) is 9.59 Å². The largest absolute Gasteiger partial charge is 0.323 e. The Morgan fingerprint density at radius 3 is 2.00 bits per heavy atom. The number of rotatable bonds is 5. The highest BCUT2D eigenvalue weighted by Gasteiger charge is 2.03. The smallest absolute Gasteiger partial charge is 0.323 e. The van der Waals surface area contributed by atoms with Crippen LogP contribution in [0, 0.1) is 0 Å². The summed E-state index contributed by atoms with van der Waals surface area (Å²) in [6.45, 7) is 0. The first-order valence-electron chi connectivity index (χ1n) is 8.31. The summed E-state index contributed by atoms with van der Waals surface area (Å²) in [5.74, 6) is -0.249. The maximum absolute atomic E-state index is 12.0. The second-order valence-electron chi connectivity index (χ2n) is 5.63. The van der Waals surface area contributed by atoms with Crippen molar-refractivity contribution < 1.29 is 9.59 Å². The Hall–Kier alpha value is -3.93. The molecule has 0 aliphatic carbocycles. The van der Waals surface area contributed by atoms with Crippen molar-refractivity contribution in [3.05, 3.63) is 90.8 Å². The highest BCUT2D eigenvalue weighted by atomic mass is 16.2. The first kappa shape index (κ1) is 17.9. The molecule has 0 aliphatic rings. The fourth-order valence-corrected chi connectivity index (χ4v) is 2.28. The molecule has 27 heavy (non-hydrogen) atoms. The molecule has 3 rings (SSSR count). The van der Waals surface area contributed by atoms with Crippen molar-refractivity contribution in [3.63, 3.8) is 0 Å². The van der Waals surface area contributed by atoms with E-state index in [0.717, 1.165) is 5.56 Å². The van der Waals surface area contributed by atoms with Crippen LogP contribution in [0.25, 0.3) is 6.08 Å². The van der Waals surface area contributed by atoms with Gasteiger partial charge in [0.05, 0.1) is 0 Å². The third-order valence-electron chi connectivity index (χ3n) is 3.55. The molecular weight excluding hydrogens is 340 g/mol. The number of aromatic nitrogens is 1. The Morgan fingerprint density at radius 2 is 1.37 bits per heavy atom. The molecule has 0 spiro atoms. The zero-order valence-electron chi connectivity index (χ0n) is 14.4. The molecule has 0 aliphatic heterocycles. The summed E-state index contributed by atoms with van der Waals surface area (Å²) < 4.78 is 0. The van der Waals surface area contributed by atoms with Crippen LogP contribution in [-0.2, 0) is 4.79 Å². The predicted octanol–water partition coefficient (Wildman–Crippen LogP) is 4.38. The summed E-state index contributed by atoms with van der Waals surface area (Å²) in [4.78, 5) is 27.9. The van der Waals surface area contributed by atoms with Crippen LogP contribution < -0.4 is 16.0 Å². The Morgan fingerprint density at radius 1 is 0.741 bits per heavy atom. The number of hydrogen-bond acceptors (Lipinski definition) is 3. The van der Waals surface area contributed by atoms with Crippen molar-refractivity contribution >= 4 is 35.1 Å². The van der Waals surface area contributed by atoms with Crippen molar-refractivity contribution in [1.82, 2.24) is 4.98 Å². The number of benzene rings is 2. The maximum atomic E-state index is 12.0. The number of pyridine rings is 1. The molecule has 2 aromatic carbocycles. The molecule has 0 radical (unpaired) electrons. The Bertz CT molecular complexity index is 923. The standard InChI is InChI=1S/C21H18N4O2/c26-20(13-8-16-5-4-14-22-15-16)23-18-9-11-19(12-10-18)25-21(27)24-17-6-2-1-3-7-17/h1-15H,(H,23,26)(H2,24,25,27)/b13-8+. The lowest BCUT2D eigenvalue weighted by Crippen LogP contribution is -2.19. The van der Waals surface area contributed by atoms with E-state index in [0.29, 0.717) is 17.1 Å². The lowest BCUT2D eigenvalue weighted by atomic mass is 10.2. The average Bonchev–Trinajstić information content (AvgIpc) is 2.69. The lowest BCUT2D eigenvalue weighted by Gasteiger charge is -2.08. The van der Waals surface area contributed by atoms with Crippen molar-refractivity contribution in [1.29, 1.82) is 0 Å². The second kappa shape index (κ2) is 8.96. The summed E-state index contributed by atoms with van der Waals surface area (Å²) in [6, 6.07) is 19.4. The van der Waals surface area contributed by atoms with E-state index in [1.807, 2.05) is 24.3 Å². The summed E-state index contributed by atoms with van der Waals surface area (Å²) in [7, 11) is 0. The van der Waals surface area contributed by atoms with Gasteiger partial charge in [-0.2, -0.15) is 0 Å². The molecule has 0 fully saturated rings. The van der Waals surface area contributed by atoms with Crippen molar-refractivity contribution in [2.45, 2.75) is 0 Å². The van der Waals surface area contributed by atoms with E-state index < -0.39 is 0 Å². The molecule has 0 unspecified atom stereocenters. The number of anilines is 3. The van der Waals surface area contributed by atoms with Crippen LogP contribution in [0.3, 0.4) is 0 Å². The van der Waals surface area contributed by atoms with Crippen LogP contribution in [0.15, 0.2) is 85.2 Å². The quantitative estimate of drug-likeness (QED) is 0.592. The van der Waals surface area contributed by atoms with E-state index in [1.165, 1.54) is 6.08 Å². The lowest BCUT2D eigenvalue weighted by molar-refractivity contribution is -0.111. The van der Waals surface area contributed by atoms with Gasteiger partial charge in [0, 0.05) is 35.5 Å². The van der Waals surface area contributed by atoms with E-state index in [4.69, 9.17) is 0 Å². The summed E-state index contributed by atoms with van der Waals surface area (Å²) in [5, 5.41) is 8.23. The first-order chi connectivity index (χ1) is 13.2. The number of carbonyl (C=O) groups is 2. The minimum absolute atomic E-state index is 0.249. The summed E-state index contributed by atoms with van der Waals surface area (Å²) in [6.07, 6.45) is 6.47. The van der Waals surface area contributed by atoms with Gasteiger partial charge in [0.1, 0.15) is 0 Å². The molecule has 0 atom stereocenters. The number of urea groups is 1. The van der Waals surface area contributed by atoms with Crippen molar-refractivity contribution in [3.8, 4) is 0 Å². The van der Waals surface area contributed by atoms with Crippen LogP contribution >= 0.6 is 0 Å². The molecule has 0 bridgehead atoms. The van der Waals surface area contributed by atoms with Crippen LogP contribution in [0.2, 0.25) is 0 Å². The molecule has 6 heteroatoms. The van der Waals surface area contributed by atoms with Gasteiger partial charge in [-0.1, -0.05) is 24.3 Å². The molecule has 3 N–H and O–H groups in total. The fraction of sp³-hybridized carbons (Fsp3) is 0. The summed E-state index contributed by atoms with van der Waals surface area (Å²) in [5.41, 5.74) is 2.80. The van der Waals surface area contributed by atoms with Crippen LogP contribution in [0.5, 0.6) is 0 Å². The van der Waals surface area contributed by atoms with Crippen molar-refractivity contribution in [2.75, 3.05) is 16.0 Å². The van der Waals surface area contributed by atoms with Gasteiger partial charge < -0.3 is 16.0 Å². The molecule has 0 saturated heterocycles. The normalized spacial score (nSPS) is 10.4. The van der Waals surface area contributed by atoms with Gasteiger partial charge in [0.15, 0.2) is 0 Å². The molecule has 6 nitrogen and oxygen atoms in total. The number of carbonyl (C=O) groups excluding carboxylic acids is 2. The zero-order chi connectivity index (χ0) is 18.9. The molecule has 1 heterocycles. The SMILES string of the molecule is O=C(/C=C/c1cccnc1)Nc1ccc(NC(=O)Nc2ccccc2)cc1. The highest BCUT2D eigenvalue weighted by Crippen LogP contribution is 2.14. The van der Waals surface area contributed by atoms with Gasteiger partial charge in [0.2, 0.25) is 5.91 Å². The minimum atomic E-state index is -0.336. The molecule has 0 saturated carbocycles. The summed E-state index contributed by atoms with van der Waals surface area (Å²) >= 11 is 0. The maximum Gasteiger partial charge on any atom is 0.323 e. The van der Waals surface area contributed by atoms with Gasteiger partial charge >= 0.3 is 6.03 Å². The van der Waals surface area contributed by atoms with Crippen molar-refractivity contribution in [2.24, 2.45) is 0 Å². The van der Waals surface area contributed by atoms with Gasteiger partial charge in [-0.05, 0) is 54.1 Å². The van der Waals surface area contributed by atoms with Crippen LogP contribution in [0.4, 0.5) is 21.9 Å².